The molecule has 0 unspecified atom stereocenters. The monoisotopic (exact) mass is 132 g/mol. The molecule has 0 heterocycles. The number of halogens is 1. The summed E-state index contributed by atoms with van der Waals surface area (Å²) in [4.78, 5) is 10.5. The summed E-state index contributed by atoms with van der Waals surface area (Å²) in [5, 5.41) is 0. The molecule has 0 radical (unpaired) electrons. The number of alkyl halides is 1. The molecule has 0 bridgehead atoms. The highest BCUT2D eigenvalue weighted by molar-refractivity contribution is 5.79. The summed E-state index contributed by atoms with van der Waals surface area (Å²) in [7, 11) is 0. The van der Waals surface area contributed by atoms with Crippen LogP contribution in [0.4, 0.5) is 4.39 Å². The van der Waals surface area contributed by atoms with E-state index in [0.29, 0.717) is 12.8 Å². The zero-order chi connectivity index (χ0) is 6.85. The molecule has 1 fully saturated rings. The number of carbonyl (C=O) groups excluding carboxylic acids is 1. The summed E-state index contributed by atoms with van der Waals surface area (Å²) in [5.74, 6) is 3.92. The maximum Gasteiger partial charge on any atom is 0.239 e. The van der Waals surface area contributed by atoms with Crippen LogP contribution in [0.2, 0.25) is 0 Å². The van der Waals surface area contributed by atoms with Gasteiger partial charge in [-0.3, -0.25) is 10.2 Å². The van der Waals surface area contributed by atoms with E-state index < -0.39 is 12.1 Å². The fourth-order valence-corrected chi connectivity index (χ4v) is 0.862. The third kappa shape index (κ3) is 1.03. The van der Waals surface area contributed by atoms with Gasteiger partial charge in [0.1, 0.15) is 6.17 Å². The van der Waals surface area contributed by atoms with Crippen molar-refractivity contribution in [2.45, 2.75) is 19.0 Å². The molecule has 1 aliphatic rings. The average molecular weight is 132 g/mol. The van der Waals surface area contributed by atoms with Gasteiger partial charge < -0.3 is 0 Å². The lowest BCUT2D eigenvalue weighted by atomic mass is 9.83. The summed E-state index contributed by atoms with van der Waals surface area (Å²) in [6.45, 7) is 0. The van der Waals surface area contributed by atoms with E-state index in [0.717, 1.165) is 0 Å². The van der Waals surface area contributed by atoms with Gasteiger partial charge >= 0.3 is 0 Å². The van der Waals surface area contributed by atoms with E-state index in [4.69, 9.17) is 5.84 Å². The first kappa shape index (κ1) is 6.48. The van der Waals surface area contributed by atoms with E-state index in [1.807, 2.05) is 5.43 Å². The van der Waals surface area contributed by atoms with Crippen molar-refractivity contribution in [2.24, 2.45) is 11.8 Å². The van der Waals surface area contributed by atoms with Crippen LogP contribution >= 0.6 is 0 Å². The average Bonchev–Trinajstić information content (AvgIpc) is 1.84. The first-order chi connectivity index (χ1) is 4.25. The molecule has 4 heteroatoms. The number of rotatable bonds is 1. The molecule has 1 aliphatic carbocycles. The molecular formula is C5H9FN2O. The van der Waals surface area contributed by atoms with Gasteiger partial charge in [0, 0.05) is 0 Å². The van der Waals surface area contributed by atoms with Gasteiger partial charge in [-0.05, 0) is 12.8 Å². The minimum absolute atomic E-state index is 0.381. The minimum Gasteiger partial charge on any atom is -0.294 e. The summed E-state index contributed by atoms with van der Waals surface area (Å²) in [5.41, 5.74) is 1.92. The quantitative estimate of drug-likeness (QED) is 0.293. The highest BCUT2D eigenvalue weighted by Crippen LogP contribution is 2.29. The van der Waals surface area contributed by atoms with E-state index in [2.05, 4.69) is 0 Å². The highest BCUT2D eigenvalue weighted by Gasteiger charge is 2.36. The van der Waals surface area contributed by atoms with Crippen LogP contribution in [0.15, 0.2) is 0 Å². The molecule has 0 saturated heterocycles. The third-order valence-corrected chi connectivity index (χ3v) is 1.67. The van der Waals surface area contributed by atoms with Crippen LogP contribution in [0.25, 0.3) is 0 Å². The van der Waals surface area contributed by atoms with E-state index in [9.17, 15) is 9.18 Å². The zero-order valence-electron chi connectivity index (χ0n) is 4.93. The normalized spacial score (nSPS) is 33.1. The lowest BCUT2D eigenvalue weighted by Crippen LogP contribution is -2.44. The molecule has 0 aliphatic heterocycles. The molecule has 3 N–H and O–H groups in total. The van der Waals surface area contributed by atoms with Crippen molar-refractivity contribution >= 4 is 5.91 Å². The predicted octanol–water partition coefficient (Wildman–Crippen LogP) is -0.276. The molecular weight excluding hydrogens is 123 g/mol. The lowest BCUT2D eigenvalue weighted by molar-refractivity contribution is -0.130. The van der Waals surface area contributed by atoms with Gasteiger partial charge in [-0.15, -0.1) is 0 Å². The minimum atomic E-state index is -0.964. The van der Waals surface area contributed by atoms with Crippen LogP contribution in [0.5, 0.6) is 0 Å². The zero-order valence-corrected chi connectivity index (χ0v) is 4.93. The van der Waals surface area contributed by atoms with Gasteiger partial charge in [0.2, 0.25) is 5.91 Å². The van der Waals surface area contributed by atoms with Gasteiger partial charge in [-0.2, -0.15) is 0 Å². The number of amides is 1. The Balaban J connectivity index is 2.35. The van der Waals surface area contributed by atoms with Crippen molar-refractivity contribution in [1.82, 2.24) is 5.43 Å². The fourth-order valence-electron chi connectivity index (χ4n) is 0.862. The van der Waals surface area contributed by atoms with E-state index in [-0.39, 0.29) is 5.91 Å². The van der Waals surface area contributed by atoms with Gasteiger partial charge in [0.25, 0.3) is 0 Å². The van der Waals surface area contributed by atoms with Crippen LogP contribution in [0.3, 0.4) is 0 Å². The molecule has 3 nitrogen and oxygen atoms in total. The van der Waals surface area contributed by atoms with E-state index in [1.54, 1.807) is 0 Å². The summed E-state index contributed by atoms with van der Waals surface area (Å²) >= 11 is 0. The summed E-state index contributed by atoms with van der Waals surface area (Å²) in [6, 6.07) is 0. The Bertz CT molecular complexity index is 128. The maximum atomic E-state index is 12.3. The van der Waals surface area contributed by atoms with Crippen LogP contribution < -0.4 is 11.3 Å². The Morgan fingerprint density at radius 2 is 2.33 bits per heavy atom. The fraction of sp³-hybridized carbons (Fsp3) is 0.800. The van der Waals surface area contributed by atoms with Crippen LogP contribution in [-0.2, 0) is 4.79 Å². The molecule has 0 aromatic carbocycles. The maximum absolute atomic E-state index is 12.3. The number of hydrogen-bond donors (Lipinski definition) is 2. The van der Waals surface area contributed by atoms with Gasteiger partial charge in [0.15, 0.2) is 0 Å². The number of hydrogen-bond acceptors (Lipinski definition) is 2. The molecule has 1 saturated carbocycles. The Morgan fingerprint density at radius 1 is 1.67 bits per heavy atom. The third-order valence-electron chi connectivity index (χ3n) is 1.67. The number of nitrogens with one attached hydrogen (secondary N) is 1. The van der Waals surface area contributed by atoms with E-state index in [1.165, 1.54) is 0 Å². The molecule has 9 heavy (non-hydrogen) atoms. The van der Waals surface area contributed by atoms with Gasteiger partial charge in [0.05, 0.1) is 5.92 Å². The lowest BCUT2D eigenvalue weighted by Gasteiger charge is -2.27. The molecule has 52 valence electrons. The highest BCUT2D eigenvalue weighted by atomic mass is 19.1. The van der Waals surface area contributed by atoms with Crippen molar-refractivity contribution in [2.75, 3.05) is 0 Å². The Morgan fingerprint density at radius 3 is 2.44 bits per heavy atom. The molecule has 0 aromatic heterocycles. The van der Waals surface area contributed by atoms with Crippen molar-refractivity contribution in [3.63, 3.8) is 0 Å². The second-order valence-corrected chi connectivity index (χ2v) is 2.21. The molecule has 0 aromatic rings. The van der Waals surface area contributed by atoms with Crippen molar-refractivity contribution in [3.8, 4) is 0 Å². The van der Waals surface area contributed by atoms with Crippen LogP contribution in [0.1, 0.15) is 12.8 Å². The van der Waals surface area contributed by atoms with E-state index >= 15 is 0 Å². The van der Waals surface area contributed by atoms with Crippen molar-refractivity contribution < 1.29 is 9.18 Å². The van der Waals surface area contributed by atoms with Crippen LogP contribution in [-0.4, -0.2) is 12.1 Å². The Labute approximate surface area is 52.4 Å². The first-order valence-electron chi connectivity index (χ1n) is 2.90. The Kier molecular flexibility index (Phi) is 1.66. The summed E-state index contributed by atoms with van der Waals surface area (Å²) in [6.07, 6.45) is 0.163. The topological polar surface area (TPSA) is 55.1 Å². The summed E-state index contributed by atoms with van der Waals surface area (Å²) < 4.78 is 12.3. The molecule has 1 amide bonds. The Hall–Kier alpha value is -0.640. The standard InChI is InChI=1S/C5H9FN2O/c6-4-2-1-3(4)5(9)8-7/h3-4H,1-2,7H2,(H,8,9)/t3-,4-/m0/s1. The SMILES string of the molecule is NNC(=O)[C@H]1CC[C@@H]1F. The first-order valence-corrected chi connectivity index (χ1v) is 2.90. The molecule has 0 spiro atoms. The predicted molar refractivity (Wildman–Crippen MR) is 30.0 cm³/mol. The van der Waals surface area contributed by atoms with Crippen molar-refractivity contribution in [1.29, 1.82) is 0 Å². The number of carbonyl (C=O) groups is 1. The molecule has 1 rings (SSSR count). The van der Waals surface area contributed by atoms with Crippen LogP contribution in [0, 0.1) is 5.92 Å². The largest absolute Gasteiger partial charge is 0.294 e. The van der Waals surface area contributed by atoms with Gasteiger partial charge in [-0.25, -0.2) is 10.2 Å². The smallest absolute Gasteiger partial charge is 0.239 e. The number of nitrogens with two attached hydrogens (primary N) is 1. The van der Waals surface area contributed by atoms with Gasteiger partial charge in [-0.1, -0.05) is 0 Å². The van der Waals surface area contributed by atoms with Crippen molar-refractivity contribution in [3.05, 3.63) is 0 Å². The molecule has 2 atom stereocenters. The second kappa shape index (κ2) is 2.31. The number of hydrazine groups is 1. The second-order valence-electron chi connectivity index (χ2n) is 2.21.